The summed E-state index contributed by atoms with van der Waals surface area (Å²) >= 11 is -0.109. The molecule has 0 spiro atoms. The first kappa shape index (κ1) is 62.1. The van der Waals surface area contributed by atoms with Crippen LogP contribution in [0, 0.1) is 0 Å². The van der Waals surface area contributed by atoms with Crippen molar-refractivity contribution in [2.45, 2.75) is 259 Å². The van der Waals surface area contributed by atoms with Crippen molar-refractivity contribution in [3.63, 3.8) is 0 Å². The molecule has 0 atom stereocenters. The van der Waals surface area contributed by atoms with E-state index < -0.39 is 0 Å². The summed E-state index contributed by atoms with van der Waals surface area (Å²) in [4.78, 5) is 0. The maximum absolute atomic E-state index is 12.2. The second-order valence-corrected chi connectivity index (χ2v) is 22.2. The predicted molar refractivity (Wildman–Crippen MR) is 311 cm³/mol. The summed E-state index contributed by atoms with van der Waals surface area (Å²) in [5.41, 5.74) is 24.5. The van der Waals surface area contributed by atoms with Crippen molar-refractivity contribution in [2.75, 3.05) is 0 Å². The van der Waals surface area contributed by atoms with Gasteiger partial charge in [-0.3, -0.25) is 0 Å². The van der Waals surface area contributed by atoms with Crippen LogP contribution in [0.15, 0.2) is 120 Å². The summed E-state index contributed by atoms with van der Waals surface area (Å²) in [5.74, 6) is 0. The van der Waals surface area contributed by atoms with E-state index >= 15 is 0 Å². The van der Waals surface area contributed by atoms with Crippen LogP contribution in [-0.2, 0) is 51.7 Å². The molecule has 0 radical (unpaired) electrons. The average Bonchev–Trinajstić information content (AvgIpc) is 3.70. The van der Waals surface area contributed by atoms with E-state index in [1.807, 2.05) is 60.7 Å². The van der Waals surface area contributed by atoms with E-state index in [2.05, 4.69) is 76.2 Å². The molecule has 0 fully saturated rings. The molecule has 0 amide bonds. The molecule has 1 heterocycles. The van der Waals surface area contributed by atoms with Gasteiger partial charge in [0.15, 0.2) is 0 Å². The van der Waals surface area contributed by atoms with Gasteiger partial charge in [-0.25, -0.2) is 4.70 Å². The Labute approximate surface area is 457 Å². The third-order valence-corrected chi connectivity index (χ3v) is 15.5. The van der Waals surface area contributed by atoms with Crippen molar-refractivity contribution >= 4 is 11.4 Å². The van der Waals surface area contributed by atoms with E-state index in [4.69, 9.17) is 6.92 Å². The molecule has 4 nitrogen and oxygen atoms in total. The molecule has 1 aliphatic rings. The number of hydrogen-bond donors (Lipinski definition) is 0. The molecule has 0 saturated carbocycles. The molecule has 5 heteroatoms. The molecule has 0 aliphatic carbocycles. The van der Waals surface area contributed by atoms with Crippen LogP contribution in [0.4, 0.5) is 0 Å². The molecule has 0 saturated heterocycles. The molecule has 0 unspecified atom stereocenters. The number of hydrogen-bond acceptors (Lipinski definition) is 2. The summed E-state index contributed by atoms with van der Waals surface area (Å²) in [7, 11) is 0. The molecular weight excluding hydrogens is 983 g/mol. The number of aryl methyl sites for hydroxylation is 2. The Morgan fingerprint density at radius 2 is 0.630 bits per heavy atom. The van der Waals surface area contributed by atoms with E-state index in [0.717, 1.165) is 49.9 Å². The summed E-state index contributed by atoms with van der Waals surface area (Å²) in [6.45, 7) is 10.4. The third kappa shape index (κ3) is 26.7. The molecule has 0 aromatic heterocycles. The van der Waals surface area contributed by atoms with Crippen LogP contribution in [0.2, 0.25) is 0 Å². The first-order valence-electron chi connectivity index (χ1n) is 30.1. The Bertz CT molecular complexity index is 2020. The Hall–Kier alpha value is -3.46. The van der Waals surface area contributed by atoms with Crippen molar-refractivity contribution in [1.82, 2.24) is 0 Å². The molecule has 406 valence electrons. The molecular formula is C68H102N2O2Pd. The zero-order valence-electron chi connectivity index (χ0n) is 46.9. The van der Waals surface area contributed by atoms with Gasteiger partial charge in [0.1, 0.15) is 0 Å². The second-order valence-electron chi connectivity index (χ2n) is 21.1. The van der Waals surface area contributed by atoms with E-state index in [0.29, 0.717) is 13.2 Å². The maximum atomic E-state index is 12.2. The predicted octanol–water partition coefficient (Wildman–Crippen LogP) is 21.8. The first-order chi connectivity index (χ1) is 36.1. The molecule has 73 heavy (non-hydrogen) atoms. The number of benzene rings is 4. The minimum atomic E-state index is -0.109. The van der Waals surface area contributed by atoms with Crippen LogP contribution in [-0.4, -0.2) is 4.70 Å². The van der Waals surface area contributed by atoms with E-state index in [-0.39, 0.29) is 18.7 Å². The van der Waals surface area contributed by atoms with Gasteiger partial charge in [0.05, 0.1) is 0 Å². The zero-order valence-corrected chi connectivity index (χ0v) is 48.4. The third-order valence-electron chi connectivity index (χ3n) is 14.6. The second kappa shape index (κ2) is 41.7. The molecule has 0 N–H and O–H groups in total. The topological polar surface area (TPSA) is 43.8 Å². The monoisotopic (exact) mass is 1080 g/mol. The van der Waals surface area contributed by atoms with Gasteiger partial charge in [0.2, 0.25) is 11.4 Å². The van der Waals surface area contributed by atoms with Crippen LogP contribution >= 0.6 is 0 Å². The summed E-state index contributed by atoms with van der Waals surface area (Å²) in [6, 6.07) is 38.4. The molecule has 5 rings (SSSR count). The first-order valence-corrected chi connectivity index (χ1v) is 31.4. The Kier molecular flexibility index (Phi) is 35.5. The summed E-state index contributed by atoms with van der Waals surface area (Å²) in [5, 5.41) is 0. The van der Waals surface area contributed by atoms with Crippen molar-refractivity contribution in [3.05, 3.63) is 159 Å². The fourth-order valence-corrected chi connectivity index (χ4v) is 11.1. The van der Waals surface area contributed by atoms with Crippen molar-refractivity contribution in [3.8, 4) is 0 Å². The van der Waals surface area contributed by atoms with Gasteiger partial charge in [-0.05, 0) is 86.8 Å². The normalized spacial score (nSPS) is 12.6. The van der Waals surface area contributed by atoms with Gasteiger partial charge in [-0.1, -0.05) is 219 Å². The summed E-state index contributed by atoms with van der Waals surface area (Å²) in [6.07, 6.45) is 45.2. The quantitative estimate of drug-likeness (QED) is 0.0252. The van der Waals surface area contributed by atoms with E-state index in [9.17, 15) is 5.53 Å². The van der Waals surface area contributed by atoms with Gasteiger partial charge >= 0.3 is 111 Å². The molecule has 1 aliphatic heterocycles. The minimum absolute atomic E-state index is 0.109. The SMILES string of the molecule is CCCCCCCCCCCCCCCCCCCCCCCCC1=C(c2cccc(CCCCC)c2)[N+](=[N-])C(c2cccc(CCCCC)c2)=C1CCCC.c1ccc(C[O][Pd][O]Cc2ccccc2)cc1. The van der Waals surface area contributed by atoms with Crippen LogP contribution < -0.4 is 0 Å². The van der Waals surface area contributed by atoms with Gasteiger partial charge in [0.25, 0.3) is 0 Å². The van der Waals surface area contributed by atoms with E-state index in [1.165, 1.54) is 224 Å². The standard InChI is InChI=1S/C54H88N2.2C7H7O.Pd/c1-5-9-13-14-15-16-17-18-19-20-21-22-23-24-25-26-27-28-29-30-31-34-44-52-51(43-12-8-4)53(49-41-35-39-47(45-49)37-32-10-6-2)56(55)54(52)50-42-36-40-48(46-50)38-33-11-7-3;2*8-6-7-4-2-1-3-5-7;/h35-36,39-42,45-46H,5-34,37-38,43-44H2,1-4H3;2*1-5H,6H2;/q;2*-1;+2. The van der Waals surface area contributed by atoms with Crippen LogP contribution in [0.5, 0.6) is 0 Å². The Morgan fingerprint density at radius 1 is 0.329 bits per heavy atom. The van der Waals surface area contributed by atoms with Gasteiger partial charge < -0.3 is 5.53 Å². The van der Waals surface area contributed by atoms with E-state index in [1.54, 1.807) is 4.70 Å². The van der Waals surface area contributed by atoms with Gasteiger partial charge in [0, 0.05) is 22.3 Å². The Morgan fingerprint density at radius 3 is 1.00 bits per heavy atom. The number of rotatable bonds is 42. The van der Waals surface area contributed by atoms with Gasteiger partial charge in [-0.15, -0.1) is 0 Å². The summed E-state index contributed by atoms with van der Waals surface area (Å²) < 4.78 is 12.5. The van der Waals surface area contributed by atoms with Crippen molar-refractivity contribution < 1.29 is 30.3 Å². The van der Waals surface area contributed by atoms with Crippen LogP contribution in [0.25, 0.3) is 16.9 Å². The number of nitrogens with zero attached hydrogens (tertiary/aromatic N) is 2. The van der Waals surface area contributed by atoms with Crippen LogP contribution in [0.1, 0.15) is 267 Å². The van der Waals surface area contributed by atoms with Gasteiger partial charge in [-0.2, -0.15) is 0 Å². The van der Waals surface area contributed by atoms with Crippen LogP contribution in [0.3, 0.4) is 0 Å². The zero-order chi connectivity index (χ0) is 51.7. The average molecular weight is 1090 g/mol. The molecule has 4 aromatic rings. The van der Waals surface area contributed by atoms with Crippen molar-refractivity contribution in [1.29, 1.82) is 0 Å². The molecule has 0 bridgehead atoms. The fraction of sp³-hybridized carbons (Fsp3) is 0.588. The number of allylic oxidation sites excluding steroid dienone is 2. The molecule has 4 aromatic carbocycles. The fourth-order valence-electron chi connectivity index (χ4n) is 10.3. The van der Waals surface area contributed by atoms with Crippen molar-refractivity contribution in [2.24, 2.45) is 0 Å². The number of unbranched alkanes of at least 4 members (excludes halogenated alkanes) is 26. The Balaban J connectivity index is 0.000000567.